The van der Waals surface area contributed by atoms with Gasteiger partial charge < -0.3 is 10.6 Å². The fourth-order valence-electron chi connectivity index (χ4n) is 3.69. The maximum Gasteiger partial charge on any atom is 0.0523 e. The van der Waals surface area contributed by atoms with Crippen LogP contribution in [0.2, 0.25) is 0 Å². The Bertz CT molecular complexity index is 441. The predicted octanol–water partition coefficient (Wildman–Crippen LogP) is 3.97. The zero-order valence-corrected chi connectivity index (χ0v) is 13.5. The van der Waals surface area contributed by atoms with E-state index in [1.807, 2.05) is 0 Å². The minimum absolute atomic E-state index is 0.140. The Morgan fingerprint density at radius 2 is 2.15 bits per heavy atom. The number of likely N-dealkylation sites (N-methyl/N-ethyl adjacent to an activating group) is 1. The largest absolute Gasteiger partial charge is 0.368 e. The van der Waals surface area contributed by atoms with Crippen molar-refractivity contribution in [3.8, 4) is 0 Å². The SMILES string of the molecule is Cc1cccc(N(C)C2(CN)CCCC(C(C)C)C2)c1. The van der Waals surface area contributed by atoms with Crippen molar-refractivity contribution in [1.29, 1.82) is 0 Å². The Morgan fingerprint density at radius 3 is 2.75 bits per heavy atom. The van der Waals surface area contributed by atoms with Gasteiger partial charge in [0.15, 0.2) is 0 Å². The van der Waals surface area contributed by atoms with Gasteiger partial charge in [-0.1, -0.05) is 38.8 Å². The summed E-state index contributed by atoms with van der Waals surface area (Å²) in [6.07, 6.45) is 5.11. The van der Waals surface area contributed by atoms with Crippen molar-refractivity contribution in [3.63, 3.8) is 0 Å². The lowest BCUT2D eigenvalue weighted by Crippen LogP contribution is -2.55. The van der Waals surface area contributed by atoms with E-state index in [1.54, 1.807) is 0 Å². The number of nitrogens with two attached hydrogens (primary N) is 1. The molecule has 2 heteroatoms. The molecule has 2 atom stereocenters. The molecule has 2 unspecified atom stereocenters. The van der Waals surface area contributed by atoms with Gasteiger partial charge in [-0.05, 0) is 49.3 Å². The summed E-state index contributed by atoms with van der Waals surface area (Å²) in [7, 11) is 2.23. The number of hydrogen-bond donors (Lipinski definition) is 1. The van der Waals surface area contributed by atoms with E-state index in [0.717, 1.165) is 18.4 Å². The van der Waals surface area contributed by atoms with E-state index >= 15 is 0 Å². The zero-order valence-electron chi connectivity index (χ0n) is 13.5. The van der Waals surface area contributed by atoms with Crippen molar-refractivity contribution in [1.82, 2.24) is 0 Å². The van der Waals surface area contributed by atoms with Crippen LogP contribution in [0.1, 0.15) is 45.1 Å². The Balaban J connectivity index is 2.25. The molecule has 2 nitrogen and oxygen atoms in total. The van der Waals surface area contributed by atoms with Gasteiger partial charge in [-0.2, -0.15) is 0 Å². The fraction of sp³-hybridized carbons (Fsp3) is 0.667. The molecule has 0 saturated heterocycles. The molecule has 0 spiro atoms. The summed E-state index contributed by atoms with van der Waals surface area (Å²) in [5.74, 6) is 1.56. The minimum Gasteiger partial charge on any atom is -0.368 e. The van der Waals surface area contributed by atoms with Crippen molar-refractivity contribution in [2.75, 3.05) is 18.5 Å². The van der Waals surface area contributed by atoms with Crippen LogP contribution in [0.15, 0.2) is 24.3 Å². The number of benzene rings is 1. The zero-order chi connectivity index (χ0) is 14.8. The van der Waals surface area contributed by atoms with Crippen LogP contribution in [0.4, 0.5) is 5.69 Å². The van der Waals surface area contributed by atoms with Crippen LogP contribution in [0.5, 0.6) is 0 Å². The molecule has 1 aliphatic carbocycles. The second kappa shape index (κ2) is 6.17. The van der Waals surface area contributed by atoms with Gasteiger partial charge in [0.1, 0.15) is 0 Å². The van der Waals surface area contributed by atoms with Crippen LogP contribution in [-0.2, 0) is 0 Å². The highest BCUT2D eigenvalue weighted by Gasteiger charge is 2.39. The molecule has 0 heterocycles. The fourth-order valence-corrected chi connectivity index (χ4v) is 3.69. The monoisotopic (exact) mass is 274 g/mol. The molecule has 1 aromatic rings. The molecule has 0 aliphatic heterocycles. The number of aryl methyl sites for hydroxylation is 1. The normalized spacial score (nSPS) is 26.8. The van der Waals surface area contributed by atoms with Gasteiger partial charge in [-0.3, -0.25) is 0 Å². The quantitative estimate of drug-likeness (QED) is 0.900. The molecule has 112 valence electrons. The van der Waals surface area contributed by atoms with Crippen molar-refractivity contribution in [2.45, 2.75) is 52.0 Å². The van der Waals surface area contributed by atoms with Gasteiger partial charge in [0.05, 0.1) is 5.54 Å². The molecule has 0 bridgehead atoms. The van der Waals surface area contributed by atoms with Crippen LogP contribution >= 0.6 is 0 Å². The third kappa shape index (κ3) is 3.01. The number of anilines is 1. The smallest absolute Gasteiger partial charge is 0.0523 e. The summed E-state index contributed by atoms with van der Waals surface area (Å²) >= 11 is 0. The van der Waals surface area contributed by atoms with Crippen molar-refractivity contribution in [2.24, 2.45) is 17.6 Å². The molecule has 0 amide bonds. The highest BCUT2D eigenvalue weighted by atomic mass is 15.2. The van der Waals surface area contributed by atoms with E-state index < -0.39 is 0 Å². The van der Waals surface area contributed by atoms with E-state index in [0.29, 0.717) is 0 Å². The number of nitrogens with zero attached hydrogens (tertiary/aromatic N) is 1. The van der Waals surface area contributed by atoms with Gasteiger partial charge in [-0.25, -0.2) is 0 Å². The van der Waals surface area contributed by atoms with Crippen LogP contribution < -0.4 is 10.6 Å². The van der Waals surface area contributed by atoms with Gasteiger partial charge in [-0.15, -0.1) is 0 Å². The Hall–Kier alpha value is -1.02. The van der Waals surface area contributed by atoms with E-state index in [2.05, 4.69) is 57.0 Å². The maximum atomic E-state index is 6.24. The summed E-state index contributed by atoms with van der Waals surface area (Å²) in [5, 5.41) is 0. The lowest BCUT2D eigenvalue weighted by atomic mass is 9.71. The van der Waals surface area contributed by atoms with Gasteiger partial charge in [0, 0.05) is 19.3 Å². The second-order valence-corrected chi connectivity index (χ2v) is 6.93. The maximum absolute atomic E-state index is 6.24. The first-order valence-corrected chi connectivity index (χ1v) is 7.99. The van der Waals surface area contributed by atoms with Gasteiger partial charge >= 0.3 is 0 Å². The molecule has 1 fully saturated rings. The Labute approximate surface area is 124 Å². The first-order valence-electron chi connectivity index (χ1n) is 7.99. The van der Waals surface area contributed by atoms with E-state index in [4.69, 9.17) is 5.73 Å². The molecule has 0 radical (unpaired) electrons. The highest BCUT2D eigenvalue weighted by Crippen LogP contribution is 2.40. The molecular formula is C18H30N2. The molecule has 2 N–H and O–H groups in total. The molecule has 1 saturated carbocycles. The summed E-state index contributed by atoms with van der Waals surface area (Å²) in [6.45, 7) is 7.61. The summed E-state index contributed by atoms with van der Waals surface area (Å²) in [4.78, 5) is 2.45. The summed E-state index contributed by atoms with van der Waals surface area (Å²) < 4.78 is 0. The van der Waals surface area contributed by atoms with E-state index in [-0.39, 0.29) is 5.54 Å². The molecule has 1 aromatic carbocycles. The average Bonchev–Trinajstić information content (AvgIpc) is 2.46. The lowest BCUT2D eigenvalue weighted by molar-refractivity contribution is 0.183. The molecule has 0 aromatic heterocycles. The number of hydrogen-bond acceptors (Lipinski definition) is 2. The topological polar surface area (TPSA) is 29.3 Å². The molecular weight excluding hydrogens is 244 g/mol. The summed E-state index contributed by atoms with van der Waals surface area (Å²) in [6, 6.07) is 8.79. The van der Waals surface area contributed by atoms with Crippen LogP contribution in [0, 0.1) is 18.8 Å². The predicted molar refractivity (Wildman–Crippen MR) is 88.2 cm³/mol. The van der Waals surface area contributed by atoms with Crippen LogP contribution in [-0.4, -0.2) is 19.1 Å². The van der Waals surface area contributed by atoms with Crippen LogP contribution in [0.3, 0.4) is 0 Å². The van der Waals surface area contributed by atoms with E-state index in [1.165, 1.54) is 36.9 Å². The van der Waals surface area contributed by atoms with Crippen molar-refractivity contribution in [3.05, 3.63) is 29.8 Å². The number of rotatable bonds is 4. The first-order chi connectivity index (χ1) is 9.48. The third-order valence-electron chi connectivity index (χ3n) is 5.28. The highest BCUT2D eigenvalue weighted by molar-refractivity contribution is 5.50. The first kappa shape index (κ1) is 15.4. The Morgan fingerprint density at radius 1 is 1.40 bits per heavy atom. The molecule has 20 heavy (non-hydrogen) atoms. The standard InChI is InChI=1S/C18H30N2/c1-14(2)16-8-6-10-18(12-16,13-19)20(4)17-9-5-7-15(3)11-17/h5,7,9,11,14,16H,6,8,10,12-13,19H2,1-4H3. The van der Waals surface area contributed by atoms with Gasteiger partial charge in [0.2, 0.25) is 0 Å². The van der Waals surface area contributed by atoms with Crippen LogP contribution in [0.25, 0.3) is 0 Å². The molecule has 2 rings (SSSR count). The van der Waals surface area contributed by atoms with E-state index in [9.17, 15) is 0 Å². The van der Waals surface area contributed by atoms with Crippen molar-refractivity contribution >= 4 is 5.69 Å². The second-order valence-electron chi connectivity index (χ2n) is 6.93. The average molecular weight is 274 g/mol. The lowest BCUT2D eigenvalue weighted by Gasteiger charge is -2.48. The third-order valence-corrected chi connectivity index (χ3v) is 5.28. The van der Waals surface area contributed by atoms with Gasteiger partial charge in [0.25, 0.3) is 0 Å². The summed E-state index contributed by atoms with van der Waals surface area (Å²) in [5.41, 5.74) is 9.00. The minimum atomic E-state index is 0.140. The van der Waals surface area contributed by atoms with Crippen molar-refractivity contribution < 1.29 is 0 Å². The Kier molecular flexibility index (Phi) is 4.74. The molecule has 1 aliphatic rings.